The fourth-order valence-electron chi connectivity index (χ4n) is 1.49. The zero-order valence-electron chi connectivity index (χ0n) is 10.9. The third-order valence-corrected chi connectivity index (χ3v) is 3.85. The molecular formula is C11H15N5O3S. The standard InChI is InChI=1S/C11H15N5O3S/c1-19-5-4-16-8-9(6-14-16)15-20(17,18)10-2-3-11(12)13-7-10/h2-3,6-8,15H,4-5H2,1H3,(H2,12,13). The Morgan fingerprint density at radius 1 is 1.40 bits per heavy atom. The normalized spacial score (nSPS) is 11.4. The van der Waals surface area contributed by atoms with E-state index in [1.807, 2.05) is 0 Å². The first kappa shape index (κ1) is 14.3. The van der Waals surface area contributed by atoms with Crippen molar-refractivity contribution in [3.63, 3.8) is 0 Å². The van der Waals surface area contributed by atoms with Crippen LogP contribution in [0.1, 0.15) is 0 Å². The number of nitrogens with zero attached hydrogens (tertiary/aromatic N) is 3. The van der Waals surface area contributed by atoms with Crippen molar-refractivity contribution in [2.24, 2.45) is 0 Å². The minimum atomic E-state index is -3.69. The average Bonchev–Trinajstić information content (AvgIpc) is 2.83. The van der Waals surface area contributed by atoms with Gasteiger partial charge in [0.2, 0.25) is 0 Å². The molecule has 0 aromatic carbocycles. The lowest BCUT2D eigenvalue weighted by atomic mass is 10.5. The summed E-state index contributed by atoms with van der Waals surface area (Å²) in [5, 5.41) is 4.02. The number of nitrogens with one attached hydrogen (secondary N) is 1. The van der Waals surface area contributed by atoms with E-state index in [4.69, 9.17) is 10.5 Å². The van der Waals surface area contributed by atoms with Gasteiger partial charge in [-0.15, -0.1) is 0 Å². The van der Waals surface area contributed by atoms with Gasteiger partial charge in [0, 0.05) is 19.5 Å². The van der Waals surface area contributed by atoms with Crippen LogP contribution < -0.4 is 10.5 Å². The van der Waals surface area contributed by atoms with Crippen molar-refractivity contribution in [1.29, 1.82) is 0 Å². The molecule has 0 bridgehead atoms. The van der Waals surface area contributed by atoms with Crippen LogP contribution in [0.25, 0.3) is 0 Å². The summed E-state index contributed by atoms with van der Waals surface area (Å²) in [5.41, 5.74) is 5.79. The molecule has 2 aromatic rings. The van der Waals surface area contributed by atoms with Crippen LogP contribution in [-0.2, 0) is 21.3 Å². The van der Waals surface area contributed by atoms with Gasteiger partial charge >= 0.3 is 0 Å². The van der Waals surface area contributed by atoms with Crippen LogP contribution in [0.5, 0.6) is 0 Å². The highest BCUT2D eigenvalue weighted by Crippen LogP contribution is 2.15. The van der Waals surface area contributed by atoms with Gasteiger partial charge in [-0.05, 0) is 12.1 Å². The van der Waals surface area contributed by atoms with E-state index in [1.165, 1.54) is 24.5 Å². The number of aromatic nitrogens is 3. The molecule has 2 heterocycles. The maximum absolute atomic E-state index is 12.1. The highest BCUT2D eigenvalue weighted by atomic mass is 32.2. The lowest BCUT2D eigenvalue weighted by Crippen LogP contribution is -2.13. The zero-order chi connectivity index (χ0) is 14.6. The van der Waals surface area contributed by atoms with Crippen molar-refractivity contribution in [2.45, 2.75) is 11.4 Å². The fourth-order valence-corrected chi connectivity index (χ4v) is 2.46. The number of ether oxygens (including phenoxy) is 1. The van der Waals surface area contributed by atoms with Gasteiger partial charge in [0.15, 0.2) is 0 Å². The van der Waals surface area contributed by atoms with Crippen molar-refractivity contribution >= 4 is 21.5 Å². The van der Waals surface area contributed by atoms with E-state index in [-0.39, 0.29) is 10.7 Å². The second kappa shape index (κ2) is 5.88. The summed E-state index contributed by atoms with van der Waals surface area (Å²) >= 11 is 0. The van der Waals surface area contributed by atoms with E-state index in [0.29, 0.717) is 18.8 Å². The van der Waals surface area contributed by atoms with Gasteiger partial charge in [0.05, 0.1) is 25.0 Å². The highest BCUT2D eigenvalue weighted by molar-refractivity contribution is 7.92. The Bertz CT molecular complexity index is 666. The molecule has 0 fully saturated rings. The summed E-state index contributed by atoms with van der Waals surface area (Å²) in [6.45, 7) is 1.04. The molecule has 0 aliphatic rings. The molecule has 3 N–H and O–H groups in total. The second-order valence-electron chi connectivity index (χ2n) is 4.01. The second-order valence-corrected chi connectivity index (χ2v) is 5.69. The SMILES string of the molecule is COCCn1cc(NS(=O)(=O)c2ccc(N)nc2)cn1. The number of pyridine rings is 1. The van der Waals surface area contributed by atoms with Crippen molar-refractivity contribution in [3.8, 4) is 0 Å². The van der Waals surface area contributed by atoms with E-state index < -0.39 is 10.0 Å². The van der Waals surface area contributed by atoms with Gasteiger partial charge in [-0.2, -0.15) is 5.10 Å². The van der Waals surface area contributed by atoms with Gasteiger partial charge in [-0.3, -0.25) is 9.40 Å². The van der Waals surface area contributed by atoms with Gasteiger partial charge in [0.25, 0.3) is 10.0 Å². The smallest absolute Gasteiger partial charge is 0.263 e. The van der Waals surface area contributed by atoms with Crippen LogP contribution in [0.4, 0.5) is 11.5 Å². The molecule has 108 valence electrons. The van der Waals surface area contributed by atoms with Crippen molar-refractivity contribution in [2.75, 3.05) is 24.2 Å². The molecule has 0 unspecified atom stereocenters. The first-order chi connectivity index (χ1) is 9.51. The Labute approximate surface area is 116 Å². The van der Waals surface area contributed by atoms with E-state index >= 15 is 0 Å². The molecule has 20 heavy (non-hydrogen) atoms. The molecule has 8 nitrogen and oxygen atoms in total. The average molecular weight is 297 g/mol. The summed E-state index contributed by atoms with van der Waals surface area (Å²) in [6.07, 6.45) is 4.21. The van der Waals surface area contributed by atoms with Gasteiger partial charge < -0.3 is 10.5 Å². The molecule has 2 aromatic heterocycles. The van der Waals surface area contributed by atoms with Gasteiger partial charge in [0.1, 0.15) is 10.7 Å². The Balaban J connectivity index is 2.12. The minimum Gasteiger partial charge on any atom is -0.384 e. The molecule has 0 amide bonds. The number of anilines is 2. The number of hydrogen-bond donors (Lipinski definition) is 2. The van der Waals surface area contributed by atoms with Crippen molar-refractivity contribution in [3.05, 3.63) is 30.7 Å². The highest BCUT2D eigenvalue weighted by Gasteiger charge is 2.15. The fraction of sp³-hybridized carbons (Fsp3) is 0.273. The van der Waals surface area contributed by atoms with Crippen LogP contribution in [0.2, 0.25) is 0 Å². The summed E-state index contributed by atoms with van der Waals surface area (Å²) in [7, 11) is -2.11. The Kier molecular flexibility index (Phi) is 4.20. The van der Waals surface area contributed by atoms with Crippen molar-refractivity contribution in [1.82, 2.24) is 14.8 Å². The zero-order valence-corrected chi connectivity index (χ0v) is 11.7. The third-order valence-electron chi connectivity index (χ3n) is 2.48. The molecule has 0 spiro atoms. The Morgan fingerprint density at radius 2 is 2.20 bits per heavy atom. The lowest BCUT2D eigenvalue weighted by molar-refractivity contribution is 0.183. The van der Waals surface area contributed by atoms with Gasteiger partial charge in [-0.25, -0.2) is 13.4 Å². The largest absolute Gasteiger partial charge is 0.384 e. The minimum absolute atomic E-state index is 0.0383. The van der Waals surface area contributed by atoms with E-state index in [0.717, 1.165) is 0 Å². The van der Waals surface area contributed by atoms with E-state index in [1.54, 1.807) is 18.0 Å². The Hall–Kier alpha value is -2.13. The maximum Gasteiger partial charge on any atom is 0.263 e. The van der Waals surface area contributed by atoms with Gasteiger partial charge in [-0.1, -0.05) is 0 Å². The third kappa shape index (κ3) is 3.45. The van der Waals surface area contributed by atoms with E-state index in [9.17, 15) is 8.42 Å². The number of methoxy groups -OCH3 is 1. The first-order valence-corrected chi connectivity index (χ1v) is 7.25. The number of rotatable bonds is 6. The van der Waals surface area contributed by atoms with Crippen LogP contribution in [-0.4, -0.2) is 36.9 Å². The van der Waals surface area contributed by atoms with Crippen LogP contribution in [0, 0.1) is 0 Å². The molecule has 0 atom stereocenters. The van der Waals surface area contributed by atoms with Crippen LogP contribution in [0.15, 0.2) is 35.6 Å². The number of nitrogens with two attached hydrogens (primary N) is 1. The lowest BCUT2D eigenvalue weighted by Gasteiger charge is -2.05. The molecule has 0 saturated carbocycles. The topological polar surface area (TPSA) is 112 Å². The molecule has 9 heteroatoms. The Morgan fingerprint density at radius 3 is 2.85 bits per heavy atom. The summed E-state index contributed by atoms with van der Waals surface area (Å²) in [6, 6.07) is 2.82. The molecule has 0 aliphatic carbocycles. The van der Waals surface area contributed by atoms with Crippen LogP contribution >= 0.6 is 0 Å². The van der Waals surface area contributed by atoms with E-state index in [2.05, 4.69) is 14.8 Å². The molecule has 0 radical (unpaired) electrons. The maximum atomic E-state index is 12.1. The summed E-state index contributed by atoms with van der Waals surface area (Å²) in [5.74, 6) is 0.260. The quantitative estimate of drug-likeness (QED) is 0.793. The molecule has 2 rings (SSSR count). The predicted molar refractivity (Wildman–Crippen MR) is 73.6 cm³/mol. The monoisotopic (exact) mass is 297 g/mol. The number of hydrogen-bond acceptors (Lipinski definition) is 6. The van der Waals surface area contributed by atoms with Crippen LogP contribution in [0.3, 0.4) is 0 Å². The first-order valence-electron chi connectivity index (χ1n) is 5.77. The predicted octanol–water partition coefficient (Wildman–Crippen LogP) is 0.307. The van der Waals surface area contributed by atoms with Crippen molar-refractivity contribution < 1.29 is 13.2 Å². The molecule has 0 saturated heterocycles. The molecule has 0 aliphatic heterocycles. The summed E-state index contributed by atoms with van der Waals surface area (Å²) in [4.78, 5) is 3.79. The molecular weight excluding hydrogens is 282 g/mol. The summed E-state index contributed by atoms with van der Waals surface area (Å²) < 4.78 is 33.1. The number of nitrogen functional groups attached to an aromatic ring is 1. The number of sulfonamides is 1.